The average Bonchev–Trinajstić information content (AvgIpc) is 1.35. The molecule has 0 rings (SSSR count). The normalized spacial score (nSPS) is 12.4. The van der Waals surface area contributed by atoms with Crippen LogP contribution in [-0.2, 0) is 0 Å². The Labute approximate surface area is 50.0 Å². The van der Waals surface area contributed by atoms with Crippen LogP contribution in [0.5, 0.6) is 0 Å². The molecule has 0 radical (unpaired) electrons. The third-order valence-electron chi connectivity index (χ3n) is 0.686. The van der Waals surface area contributed by atoms with Gasteiger partial charge in [0.1, 0.15) is 0 Å². The van der Waals surface area contributed by atoms with Gasteiger partial charge >= 0.3 is 0 Å². The Hall–Kier alpha value is 0.250. The van der Waals surface area contributed by atoms with Crippen molar-refractivity contribution in [3.63, 3.8) is 0 Å². The highest BCUT2D eigenvalue weighted by atomic mass is 35.5. The van der Waals surface area contributed by atoms with Crippen LogP contribution in [0.3, 0.4) is 0 Å². The first-order valence-electron chi connectivity index (χ1n) is 2.41. The lowest BCUT2D eigenvalue weighted by molar-refractivity contribution is 0.779. The number of hydrogen-bond donors (Lipinski definition) is 0. The fourth-order valence-corrected chi connectivity index (χ4v) is 0.616. The summed E-state index contributed by atoms with van der Waals surface area (Å²) >= 11 is 5.58. The molecule has 0 fully saturated rings. The molecule has 46 valence electrons. The molecule has 1 nitrogen and oxygen atoms in total. The third-order valence-corrected chi connectivity index (χ3v) is 0.905. The van der Waals surface area contributed by atoms with Gasteiger partial charge in [-0.1, -0.05) is 13.3 Å². The molecule has 0 bridgehead atoms. The van der Waals surface area contributed by atoms with E-state index in [-0.39, 0.29) is 5.48 Å². The van der Waals surface area contributed by atoms with Crippen molar-refractivity contribution in [3.8, 4) is 0 Å². The smallest absolute Gasteiger partial charge is 0.0307 e. The summed E-state index contributed by atoms with van der Waals surface area (Å²) in [6, 6.07) is 0. The molecule has 0 saturated heterocycles. The maximum atomic E-state index is 5.58. The Kier molecular flexibility index (Phi) is 9.17. The SMILES string of the molecule is CCCC(C)Cl.O. The van der Waals surface area contributed by atoms with Crippen molar-refractivity contribution in [2.24, 2.45) is 0 Å². The minimum absolute atomic E-state index is 0. The maximum Gasteiger partial charge on any atom is 0.0307 e. The summed E-state index contributed by atoms with van der Waals surface area (Å²) < 4.78 is 0. The number of halogens is 1. The third kappa shape index (κ3) is 10.7. The molecular weight excluding hydrogens is 112 g/mol. The number of hydrogen-bond acceptors (Lipinski definition) is 0. The summed E-state index contributed by atoms with van der Waals surface area (Å²) in [6.45, 7) is 4.16. The summed E-state index contributed by atoms with van der Waals surface area (Å²) in [5.74, 6) is 0. The Morgan fingerprint density at radius 1 is 1.57 bits per heavy atom. The van der Waals surface area contributed by atoms with E-state index in [2.05, 4.69) is 6.92 Å². The molecule has 0 saturated carbocycles. The lowest BCUT2D eigenvalue weighted by atomic mass is 10.3. The zero-order chi connectivity index (χ0) is 4.99. The van der Waals surface area contributed by atoms with E-state index in [1.807, 2.05) is 6.92 Å². The zero-order valence-corrected chi connectivity index (χ0v) is 5.63. The van der Waals surface area contributed by atoms with Crippen LogP contribution in [0.15, 0.2) is 0 Å². The van der Waals surface area contributed by atoms with Gasteiger partial charge in [-0.05, 0) is 13.3 Å². The van der Waals surface area contributed by atoms with E-state index in [9.17, 15) is 0 Å². The molecule has 1 unspecified atom stereocenters. The fourth-order valence-electron chi connectivity index (χ4n) is 0.398. The summed E-state index contributed by atoms with van der Waals surface area (Å²) in [6.07, 6.45) is 2.34. The van der Waals surface area contributed by atoms with Crippen LogP contribution >= 0.6 is 11.6 Å². The highest BCUT2D eigenvalue weighted by Crippen LogP contribution is 2.01. The quantitative estimate of drug-likeness (QED) is 0.501. The van der Waals surface area contributed by atoms with Crippen molar-refractivity contribution >= 4 is 11.6 Å². The van der Waals surface area contributed by atoms with Crippen molar-refractivity contribution in [1.29, 1.82) is 0 Å². The van der Waals surface area contributed by atoms with Crippen molar-refractivity contribution in [1.82, 2.24) is 0 Å². The van der Waals surface area contributed by atoms with E-state index < -0.39 is 0 Å². The first-order chi connectivity index (χ1) is 2.77. The molecule has 0 aromatic rings. The molecule has 1 atom stereocenters. The van der Waals surface area contributed by atoms with Crippen molar-refractivity contribution in [3.05, 3.63) is 0 Å². The molecule has 0 amide bonds. The predicted molar refractivity (Wildman–Crippen MR) is 33.8 cm³/mol. The van der Waals surface area contributed by atoms with Gasteiger partial charge in [0.05, 0.1) is 0 Å². The van der Waals surface area contributed by atoms with E-state index in [1.165, 1.54) is 6.42 Å². The average molecular weight is 125 g/mol. The van der Waals surface area contributed by atoms with Crippen LogP contribution in [0.2, 0.25) is 0 Å². The Balaban J connectivity index is 0. The zero-order valence-electron chi connectivity index (χ0n) is 4.87. The van der Waals surface area contributed by atoms with Gasteiger partial charge in [-0.25, -0.2) is 0 Å². The number of rotatable bonds is 2. The standard InChI is InChI=1S/C5H11Cl.H2O/c1-3-4-5(2)6;/h5H,3-4H2,1-2H3;1H2. The van der Waals surface area contributed by atoms with Gasteiger partial charge in [0.15, 0.2) is 0 Å². The van der Waals surface area contributed by atoms with Crippen LogP contribution in [0.4, 0.5) is 0 Å². The van der Waals surface area contributed by atoms with Gasteiger partial charge in [-0.3, -0.25) is 0 Å². The monoisotopic (exact) mass is 124 g/mol. The molecular formula is C5H13ClO. The Morgan fingerprint density at radius 2 is 2.00 bits per heavy atom. The second-order valence-electron chi connectivity index (χ2n) is 1.57. The van der Waals surface area contributed by atoms with Crippen LogP contribution < -0.4 is 0 Å². The van der Waals surface area contributed by atoms with Crippen LogP contribution in [0, 0.1) is 0 Å². The summed E-state index contributed by atoms with van der Waals surface area (Å²) in [7, 11) is 0. The van der Waals surface area contributed by atoms with Gasteiger partial charge in [0.25, 0.3) is 0 Å². The molecule has 0 spiro atoms. The van der Waals surface area contributed by atoms with E-state index in [0.29, 0.717) is 5.38 Å². The second-order valence-corrected chi connectivity index (χ2v) is 2.31. The summed E-state index contributed by atoms with van der Waals surface area (Å²) in [4.78, 5) is 0. The molecule has 0 aromatic heterocycles. The molecule has 0 aliphatic heterocycles. The van der Waals surface area contributed by atoms with Crippen molar-refractivity contribution < 1.29 is 5.48 Å². The van der Waals surface area contributed by atoms with Crippen molar-refractivity contribution in [2.45, 2.75) is 32.1 Å². The van der Waals surface area contributed by atoms with E-state index in [0.717, 1.165) is 6.42 Å². The van der Waals surface area contributed by atoms with Crippen molar-refractivity contribution in [2.75, 3.05) is 0 Å². The van der Waals surface area contributed by atoms with Gasteiger partial charge in [-0.2, -0.15) is 0 Å². The van der Waals surface area contributed by atoms with E-state index in [1.54, 1.807) is 0 Å². The summed E-state index contributed by atoms with van der Waals surface area (Å²) in [5, 5.41) is 0.370. The molecule has 0 aliphatic carbocycles. The number of alkyl halides is 1. The molecule has 2 heteroatoms. The molecule has 2 N–H and O–H groups in total. The van der Waals surface area contributed by atoms with Gasteiger partial charge in [0.2, 0.25) is 0 Å². The highest BCUT2D eigenvalue weighted by molar-refractivity contribution is 6.20. The first-order valence-corrected chi connectivity index (χ1v) is 2.85. The van der Waals surface area contributed by atoms with E-state index in [4.69, 9.17) is 11.6 Å². The molecule has 0 heterocycles. The largest absolute Gasteiger partial charge is 0.412 e. The lowest BCUT2D eigenvalue weighted by Gasteiger charge is -1.93. The van der Waals surface area contributed by atoms with E-state index >= 15 is 0 Å². The van der Waals surface area contributed by atoms with Crippen LogP contribution in [-0.4, -0.2) is 10.9 Å². The maximum absolute atomic E-state index is 5.58. The van der Waals surface area contributed by atoms with Gasteiger partial charge in [-0.15, -0.1) is 11.6 Å². The van der Waals surface area contributed by atoms with Gasteiger partial charge in [0, 0.05) is 5.38 Å². The Bertz CT molecular complexity index is 29.3. The minimum atomic E-state index is 0. The Morgan fingerprint density at radius 3 is 2.00 bits per heavy atom. The predicted octanol–water partition coefficient (Wildman–Crippen LogP) is 1.59. The van der Waals surface area contributed by atoms with Crippen LogP contribution in [0.25, 0.3) is 0 Å². The molecule has 0 aliphatic rings. The molecule has 7 heavy (non-hydrogen) atoms. The summed E-state index contributed by atoms with van der Waals surface area (Å²) in [5.41, 5.74) is 0. The minimum Gasteiger partial charge on any atom is -0.412 e. The first kappa shape index (κ1) is 10.3. The topological polar surface area (TPSA) is 31.5 Å². The van der Waals surface area contributed by atoms with Gasteiger partial charge < -0.3 is 5.48 Å². The van der Waals surface area contributed by atoms with Crippen LogP contribution in [0.1, 0.15) is 26.7 Å². The highest BCUT2D eigenvalue weighted by Gasteiger charge is 1.88. The fraction of sp³-hybridized carbons (Fsp3) is 1.00. The molecule has 0 aromatic carbocycles. The lowest BCUT2D eigenvalue weighted by Crippen LogP contribution is -1.85. The second kappa shape index (κ2) is 6.25.